The van der Waals surface area contributed by atoms with Crippen LogP contribution in [0.5, 0.6) is 0 Å². The maximum absolute atomic E-state index is 5.99. The quantitative estimate of drug-likeness (QED) is 0.743. The number of halogens is 1. The van der Waals surface area contributed by atoms with Crippen molar-refractivity contribution in [1.82, 2.24) is 9.97 Å². The average Bonchev–Trinajstić information content (AvgIpc) is 2.33. The Morgan fingerprint density at radius 1 is 1.50 bits per heavy atom. The molecule has 1 aromatic heterocycles. The molecule has 0 radical (unpaired) electrons. The van der Waals surface area contributed by atoms with Crippen molar-refractivity contribution in [2.45, 2.75) is 25.9 Å². The average molecular weight is 242 g/mol. The van der Waals surface area contributed by atoms with Gasteiger partial charge in [-0.25, -0.2) is 9.97 Å². The number of rotatable bonds is 2. The summed E-state index contributed by atoms with van der Waals surface area (Å²) < 4.78 is 5.39. The Morgan fingerprint density at radius 2 is 2.31 bits per heavy atom. The number of hydrogen-bond donors (Lipinski definition) is 0. The molecule has 0 aliphatic carbocycles. The molecule has 0 spiro atoms. The maximum atomic E-state index is 5.99. The lowest BCUT2D eigenvalue weighted by atomic mass is 10.1. The predicted molar refractivity (Wildman–Crippen MR) is 64.0 cm³/mol. The first-order valence-corrected chi connectivity index (χ1v) is 5.85. The van der Waals surface area contributed by atoms with E-state index >= 15 is 0 Å². The molecule has 16 heavy (non-hydrogen) atoms. The van der Waals surface area contributed by atoms with Gasteiger partial charge in [-0.2, -0.15) is 0 Å². The molecular formula is C11H16ClN3O. The fraction of sp³-hybridized carbons (Fsp3) is 0.636. The third kappa shape index (κ3) is 2.28. The van der Waals surface area contributed by atoms with Crippen LogP contribution in [0.25, 0.3) is 0 Å². The van der Waals surface area contributed by atoms with Crippen molar-refractivity contribution >= 4 is 17.4 Å². The van der Waals surface area contributed by atoms with E-state index in [0.717, 1.165) is 37.3 Å². The molecule has 4 nitrogen and oxygen atoms in total. The van der Waals surface area contributed by atoms with Crippen LogP contribution >= 0.6 is 11.6 Å². The molecule has 0 N–H and O–H groups in total. The molecule has 1 atom stereocenters. The Hall–Kier alpha value is -0.870. The zero-order valence-corrected chi connectivity index (χ0v) is 10.4. The van der Waals surface area contributed by atoms with E-state index < -0.39 is 0 Å². The summed E-state index contributed by atoms with van der Waals surface area (Å²) in [5, 5.41) is 0.532. The molecular weight excluding hydrogens is 226 g/mol. The Morgan fingerprint density at radius 3 is 3.06 bits per heavy atom. The molecule has 1 aromatic rings. The summed E-state index contributed by atoms with van der Waals surface area (Å²) in [7, 11) is 1.76. The number of nitrogens with zero attached hydrogens (tertiary/aromatic N) is 3. The first kappa shape index (κ1) is 11.6. The molecule has 1 aliphatic heterocycles. The zero-order chi connectivity index (χ0) is 11.5. The number of piperidine rings is 1. The van der Waals surface area contributed by atoms with Crippen molar-refractivity contribution in [2.24, 2.45) is 0 Å². The lowest BCUT2D eigenvalue weighted by molar-refractivity contribution is 0.0891. The van der Waals surface area contributed by atoms with E-state index in [9.17, 15) is 0 Å². The first-order valence-electron chi connectivity index (χ1n) is 5.47. The molecule has 0 saturated carbocycles. The summed E-state index contributed by atoms with van der Waals surface area (Å²) in [5.74, 6) is 0.932. The smallest absolute Gasteiger partial charge is 0.137 e. The fourth-order valence-electron chi connectivity index (χ4n) is 2.06. The lowest BCUT2D eigenvalue weighted by Gasteiger charge is -2.33. The molecule has 88 valence electrons. The van der Waals surface area contributed by atoms with E-state index in [2.05, 4.69) is 14.9 Å². The van der Waals surface area contributed by atoms with E-state index in [-0.39, 0.29) is 0 Å². The number of methoxy groups -OCH3 is 1. The third-order valence-electron chi connectivity index (χ3n) is 3.01. The van der Waals surface area contributed by atoms with Crippen LogP contribution < -0.4 is 4.90 Å². The van der Waals surface area contributed by atoms with E-state index in [1.165, 1.54) is 6.33 Å². The van der Waals surface area contributed by atoms with Crippen LogP contribution in [0.3, 0.4) is 0 Å². The SMILES string of the molecule is COC1CCCN(c2ncnc(Cl)c2C)C1. The van der Waals surface area contributed by atoms with Gasteiger partial charge in [-0.05, 0) is 19.8 Å². The van der Waals surface area contributed by atoms with Gasteiger partial charge in [-0.15, -0.1) is 0 Å². The van der Waals surface area contributed by atoms with Crippen molar-refractivity contribution in [1.29, 1.82) is 0 Å². The minimum atomic E-state index is 0.293. The topological polar surface area (TPSA) is 38.2 Å². The Bertz CT molecular complexity index is 372. The molecule has 1 aliphatic rings. The van der Waals surface area contributed by atoms with Gasteiger partial charge in [0.05, 0.1) is 6.10 Å². The molecule has 2 rings (SSSR count). The van der Waals surface area contributed by atoms with Gasteiger partial charge in [0.1, 0.15) is 17.3 Å². The lowest BCUT2D eigenvalue weighted by Crippen LogP contribution is -2.40. The fourth-order valence-corrected chi connectivity index (χ4v) is 2.19. The normalized spacial score (nSPS) is 21.2. The van der Waals surface area contributed by atoms with Gasteiger partial charge in [0.2, 0.25) is 0 Å². The Balaban J connectivity index is 2.20. The second kappa shape index (κ2) is 4.97. The highest BCUT2D eigenvalue weighted by atomic mass is 35.5. The van der Waals surface area contributed by atoms with Crippen molar-refractivity contribution in [3.8, 4) is 0 Å². The molecule has 1 unspecified atom stereocenters. The minimum absolute atomic E-state index is 0.293. The number of anilines is 1. The molecule has 1 saturated heterocycles. The van der Waals surface area contributed by atoms with Crippen LogP contribution in [-0.4, -0.2) is 36.3 Å². The van der Waals surface area contributed by atoms with Crippen LogP contribution in [0.15, 0.2) is 6.33 Å². The van der Waals surface area contributed by atoms with Crippen molar-refractivity contribution in [3.63, 3.8) is 0 Å². The molecule has 2 heterocycles. The molecule has 1 fully saturated rings. The van der Waals surface area contributed by atoms with Crippen LogP contribution in [0.4, 0.5) is 5.82 Å². The summed E-state index contributed by atoms with van der Waals surface area (Å²) in [4.78, 5) is 10.5. The van der Waals surface area contributed by atoms with E-state index in [1.807, 2.05) is 6.92 Å². The van der Waals surface area contributed by atoms with Crippen LogP contribution in [-0.2, 0) is 4.74 Å². The maximum Gasteiger partial charge on any atom is 0.137 e. The highest BCUT2D eigenvalue weighted by Crippen LogP contribution is 2.25. The predicted octanol–water partition coefficient (Wildman–Crippen LogP) is 2.05. The second-order valence-electron chi connectivity index (χ2n) is 4.06. The van der Waals surface area contributed by atoms with Crippen molar-refractivity contribution in [3.05, 3.63) is 17.0 Å². The van der Waals surface area contributed by atoms with Crippen LogP contribution in [0.1, 0.15) is 18.4 Å². The summed E-state index contributed by atoms with van der Waals surface area (Å²) in [6, 6.07) is 0. The standard InChI is InChI=1S/C11H16ClN3O/c1-8-10(12)13-7-14-11(8)15-5-3-4-9(6-15)16-2/h7,9H,3-6H2,1-2H3. The van der Waals surface area contributed by atoms with E-state index in [1.54, 1.807) is 7.11 Å². The Kier molecular flexibility index (Phi) is 3.61. The van der Waals surface area contributed by atoms with Gasteiger partial charge >= 0.3 is 0 Å². The second-order valence-corrected chi connectivity index (χ2v) is 4.42. The summed E-state index contributed by atoms with van der Waals surface area (Å²) in [6.45, 7) is 3.84. The third-order valence-corrected chi connectivity index (χ3v) is 3.39. The molecule has 0 aromatic carbocycles. The minimum Gasteiger partial charge on any atom is -0.380 e. The largest absolute Gasteiger partial charge is 0.380 e. The van der Waals surface area contributed by atoms with Crippen molar-refractivity contribution < 1.29 is 4.74 Å². The van der Waals surface area contributed by atoms with E-state index in [4.69, 9.17) is 16.3 Å². The summed E-state index contributed by atoms with van der Waals surface area (Å²) in [5.41, 5.74) is 0.945. The van der Waals surface area contributed by atoms with Gasteiger partial charge in [-0.3, -0.25) is 0 Å². The first-order chi connectivity index (χ1) is 7.72. The number of aromatic nitrogens is 2. The number of ether oxygens (including phenoxy) is 1. The molecule has 0 amide bonds. The zero-order valence-electron chi connectivity index (χ0n) is 9.61. The summed E-state index contributed by atoms with van der Waals surface area (Å²) >= 11 is 5.99. The van der Waals surface area contributed by atoms with Gasteiger partial charge < -0.3 is 9.64 Å². The van der Waals surface area contributed by atoms with Gasteiger partial charge in [0.25, 0.3) is 0 Å². The monoisotopic (exact) mass is 241 g/mol. The highest BCUT2D eigenvalue weighted by Gasteiger charge is 2.22. The summed E-state index contributed by atoms with van der Waals surface area (Å²) in [6.07, 6.45) is 4.05. The van der Waals surface area contributed by atoms with E-state index in [0.29, 0.717) is 11.3 Å². The molecule has 0 bridgehead atoms. The molecule has 5 heteroatoms. The number of hydrogen-bond acceptors (Lipinski definition) is 4. The Labute approximate surface area is 101 Å². The van der Waals surface area contributed by atoms with Crippen LogP contribution in [0.2, 0.25) is 5.15 Å². The van der Waals surface area contributed by atoms with Gasteiger partial charge in [0.15, 0.2) is 0 Å². The van der Waals surface area contributed by atoms with Crippen LogP contribution in [0, 0.1) is 6.92 Å². The highest BCUT2D eigenvalue weighted by molar-refractivity contribution is 6.30. The van der Waals surface area contributed by atoms with Gasteiger partial charge in [0, 0.05) is 25.8 Å². The van der Waals surface area contributed by atoms with Crippen molar-refractivity contribution in [2.75, 3.05) is 25.1 Å². The van der Waals surface area contributed by atoms with Gasteiger partial charge in [-0.1, -0.05) is 11.6 Å².